The van der Waals surface area contributed by atoms with Gasteiger partial charge in [0.2, 0.25) is 0 Å². The van der Waals surface area contributed by atoms with Crippen molar-refractivity contribution in [2.24, 2.45) is 5.92 Å². The highest BCUT2D eigenvalue weighted by Crippen LogP contribution is 2.19. The number of halogens is 1. The van der Waals surface area contributed by atoms with Crippen LogP contribution in [0.2, 0.25) is 0 Å². The van der Waals surface area contributed by atoms with Crippen LogP contribution in [0.3, 0.4) is 0 Å². The lowest BCUT2D eigenvalue weighted by Gasteiger charge is -2.14. The highest BCUT2D eigenvalue weighted by molar-refractivity contribution is 9.10. The molecule has 100 valence electrons. The highest BCUT2D eigenvalue weighted by Gasteiger charge is 2.12. The van der Waals surface area contributed by atoms with Gasteiger partial charge in [0.05, 0.1) is 5.56 Å². The molecule has 0 fully saturated rings. The molecule has 0 aliphatic carbocycles. The van der Waals surface area contributed by atoms with Gasteiger partial charge >= 0.3 is 0 Å². The van der Waals surface area contributed by atoms with Gasteiger partial charge in [-0.3, -0.25) is 4.79 Å². The maximum absolute atomic E-state index is 12.0. The lowest BCUT2D eigenvalue weighted by atomic mass is 10.0. The summed E-state index contributed by atoms with van der Waals surface area (Å²) in [5.41, 5.74) is 0.570. The van der Waals surface area contributed by atoms with Crippen molar-refractivity contribution >= 4 is 34.5 Å². The first-order valence-corrected chi connectivity index (χ1v) is 7.20. The van der Waals surface area contributed by atoms with E-state index in [-0.39, 0.29) is 12.5 Å². The molecule has 2 N–H and O–H groups in total. The lowest BCUT2D eigenvalue weighted by molar-refractivity contribution is 0.0940. The van der Waals surface area contributed by atoms with Gasteiger partial charge in [-0.25, -0.2) is 0 Å². The van der Waals surface area contributed by atoms with E-state index in [2.05, 4.69) is 40.8 Å². The van der Waals surface area contributed by atoms with Crippen LogP contribution in [0.4, 0.5) is 0 Å². The number of rotatable bonds is 6. The number of aliphatic hydroxyl groups excluding tert-OH is 1. The van der Waals surface area contributed by atoms with Gasteiger partial charge in [-0.1, -0.05) is 29.3 Å². The van der Waals surface area contributed by atoms with Crippen molar-refractivity contribution < 1.29 is 9.90 Å². The molecule has 0 saturated carbocycles. The molecule has 0 aliphatic rings. The van der Waals surface area contributed by atoms with Crippen molar-refractivity contribution in [2.45, 2.75) is 24.7 Å². The fourth-order valence-corrected chi connectivity index (χ4v) is 2.52. The average molecular weight is 332 g/mol. The van der Waals surface area contributed by atoms with Crippen LogP contribution in [-0.4, -0.2) is 24.2 Å². The normalized spacial score (nSPS) is 12.2. The number of benzene rings is 1. The summed E-state index contributed by atoms with van der Waals surface area (Å²) in [6, 6.07) is 5.36. The summed E-state index contributed by atoms with van der Waals surface area (Å²) in [6.07, 6.45) is 1.65. The highest BCUT2D eigenvalue weighted by atomic mass is 79.9. The minimum Gasteiger partial charge on any atom is -0.396 e. The van der Waals surface area contributed by atoms with Gasteiger partial charge in [-0.15, -0.1) is 12.6 Å². The van der Waals surface area contributed by atoms with Gasteiger partial charge in [0.15, 0.2) is 0 Å². The molecular weight excluding hydrogens is 314 g/mol. The predicted molar refractivity (Wildman–Crippen MR) is 79.2 cm³/mol. The fourth-order valence-electron chi connectivity index (χ4n) is 1.66. The monoisotopic (exact) mass is 331 g/mol. The molecule has 1 unspecified atom stereocenters. The summed E-state index contributed by atoms with van der Waals surface area (Å²) in [6.45, 7) is 2.79. The lowest BCUT2D eigenvalue weighted by Crippen LogP contribution is -2.29. The van der Waals surface area contributed by atoms with Crippen LogP contribution in [0.15, 0.2) is 27.6 Å². The SMILES string of the molecule is CCC(CCO)CNC(=O)c1ccc(Br)cc1S. The van der Waals surface area contributed by atoms with Gasteiger partial charge in [0.25, 0.3) is 5.91 Å². The second-order valence-electron chi connectivity index (χ2n) is 4.16. The molecule has 1 amide bonds. The van der Waals surface area contributed by atoms with Gasteiger partial charge < -0.3 is 10.4 Å². The Morgan fingerprint density at radius 3 is 2.83 bits per heavy atom. The van der Waals surface area contributed by atoms with E-state index in [1.54, 1.807) is 12.1 Å². The minimum absolute atomic E-state index is 0.121. The summed E-state index contributed by atoms with van der Waals surface area (Å²) >= 11 is 7.62. The quantitative estimate of drug-likeness (QED) is 0.702. The largest absolute Gasteiger partial charge is 0.396 e. The summed E-state index contributed by atoms with van der Waals surface area (Å²) in [7, 11) is 0. The van der Waals surface area contributed by atoms with E-state index in [4.69, 9.17) is 5.11 Å². The van der Waals surface area contributed by atoms with Crippen molar-refractivity contribution in [3.63, 3.8) is 0 Å². The van der Waals surface area contributed by atoms with Crippen molar-refractivity contribution in [2.75, 3.05) is 13.2 Å². The second kappa shape index (κ2) is 7.81. The Labute approximate surface area is 122 Å². The van der Waals surface area contributed by atoms with E-state index in [1.807, 2.05) is 6.07 Å². The Morgan fingerprint density at radius 1 is 1.56 bits per heavy atom. The van der Waals surface area contributed by atoms with Crippen LogP contribution >= 0.6 is 28.6 Å². The summed E-state index contributed by atoms with van der Waals surface area (Å²) in [5, 5.41) is 11.8. The molecule has 0 radical (unpaired) electrons. The molecule has 1 aromatic rings. The Morgan fingerprint density at radius 2 is 2.28 bits per heavy atom. The van der Waals surface area contributed by atoms with Crippen LogP contribution in [-0.2, 0) is 0 Å². The number of hydrogen-bond acceptors (Lipinski definition) is 3. The van der Waals surface area contributed by atoms with Crippen molar-refractivity contribution in [1.82, 2.24) is 5.32 Å². The number of hydrogen-bond donors (Lipinski definition) is 3. The molecule has 0 spiro atoms. The zero-order valence-electron chi connectivity index (χ0n) is 10.3. The second-order valence-corrected chi connectivity index (χ2v) is 5.56. The molecule has 0 bridgehead atoms. The van der Waals surface area contributed by atoms with Crippen molar-refractivity contribution in [3.05, 3.63) is 28.2 Å². The van der Waals surface area contributed by atoms with E-state index in [9.17, 15) is 4.79 Å². The van der Waals surface area contributed by atoms with Gasteiger partial charge in [-0.05, 0) is 30.5 Å². The molecule has 0 aliphatic heterocycles. The third-order valence-corrected chi connectivity index (χ3v) is 3.73. The zero-order chi connectivity index (χ0) is 13.5. The summed E-state index contributed by atoms with van der Waals surface area (Å²) in [4.78, 5) is 12.6. The van der Waals surface area contributed by atoms with E-state index < -0.39 is 0 Å². The molecule has 0 heterocycles. The average Bonchev–Trinajstić information content (AvgIpc) is 2.34. The number of aliphatic hydroxyl groups is 1. The minimum atomic E-state index is -0.121. The molecule has 18 heavy (non-hydrogen) atoms. The van der Waals surface area contributed by atoms with Crippen molar-refractivity contribution in [1.29, 1.82) is 0 Å². The summed E-state index contributed by atoms with van der Waals surface area (Å²) in [5.74, 6) is 0.196. The van der Waals surface area contributed by atoms with Crippen molar-refractivity contribution in [3.8, 4) is 0 Å². The first kappa shape index (κ1) is 15.5. The third-order valence-electron chi connectivity index (χ3n) is 2.87. The Hall–Kier alpha value is -0.520. The number of thiol groups is 1. The van der Waals surface area contributed by atoms with E-state index in [1.165, 1.54) is 0 Å². The molecule has 1 atom stereocenters. The van der Waals surface area contributed by atoms with Gasteiger partial charge in [0.1, 0.15) is 0 Å². The first-order valence-electron chi connectivity index (χ1n) is 5.96. The van der Waals surface area contributed by atoms with E-state index in [0.29, 0.717) is 29.3 Å². The first-order chi connectivity index (χ1) is 8.58. The smallest absolute Gasteiger partial charge is 0.252 e. The van der Waals surface area contributed by atoms with E-state index in [0.717, 1.165) is 10.9 Å². The molecule has 3 nitrogen and oxygen atoms in total. The molecule has 0 saturated heterocycles. The number of carbonyl (C=O) groups excluding carboxylic acids is 1. The Kier molecular flexibility index (Phi) is 6.75. The van der Waals surface area contributed by atoms with Crippen LogP contribution in [0, 0.1) is 5.92 Å². The maximum Gasteiger partial charge on any atom is 0.252 e. The maximum atomic E-state index is 12.0. The molecule has 5 heteroatoms. The summed E-state index contributed by atoms with van der Waals surface area (Å²) < 4.78 is 0.899. The van der Waals surface area contributed by atoms with Gasteiger partial charge in [-0.2, -0.15) is 0 Å². The standard InChI is InChI=1S/C13H18BrNO2S/c1-2-9(5-6-16)8-15-13(17)11-4-3-10(14)7-12(11)18/h3-4,7,9,16,18H,2,5-6,8H2,1H3,(H,15,17). The Balaban J connectivity index is 2.59. The third kappa shape index (κ3) is 4.63. The van der Waals surface area contributed by atoms with Crippen LogP contribution in [0.5, 0.6) is 0 Å². The van der Waals surface area contributed by atoms with Crippen LogP contribution in [0.1, 0.15) is 30.1 Å². The topological polar surface area (TPSA) is 49.3 Å². The molecule has 1 aromatic carbocycles. The molecule has 1 rings (SSSR count). The molecule has 0 aromatic heterocycles. The van der Waals surface area contributed by atoms with Crippen LogP contribution < -0.4 is 5.32 Å². The van der Waals surface area contributed by atoms with E-state index >= 15 is 0 Å². The van der Waals surface area contributed by atoms with Crippen LogP contribution in [0.25, 0.3) is 0 Å². The van der Waals surface area contributed by atoms with Gasteiger partial charge in [0, 0.05) is 22.5 Å². The number of amides is 1. The molecular formula is C13H18BrNO2S. The zero-order valence-corrected chi connectivity index (χ0v) is 12.8. The number of carbonyl (C=O) groups is 1. The Bertz CT molecular complexity index is 412. The fraction of sp³-hybridized carbons (Fsp3) is 0.462. The predicted octanol–water partition coefficient (Wildman–Crippen LogP) is 2.88. The number of nitrogens with one attached hydrogen (secondary N) is 1.